The van der Waals surface area contributed by atoms with E-state index in [1.165, 1.54) is 12.8 Å². The molecule has 26 heavy (non-hydrogen) atoms. The normalized spacial score (nSPS) is 11.0. The maximum atomic E-state index is 12.7. The molecule has 0 N–H and O–H groups in total. The van der Waals surface area contributed by atoms with Gasteiger partial charge in [-0.2, -0.15) is 0 Å². The third kappa shape index (κ3) is 4.36. The number of alkyl halides is 1. The second-order valence-electron chi connectivity index (χ2n) is 6.36. The van der Waals surface area contributed by atoms with Gasteiger partial charge in [0.05, 0.1) is 12.0 Å². The van der Waals surface area contributed by atoms with E-state index in [4.69, 9.17) is 9.15 Å². The van der Waals surface area contributed by atoms with Crippen LogP contribution in [0.25, 0.3) is 22.3 Å². The van der Waals surface area contributed by atoms with Crippen molar-refractivity contribution in [1.29, 1.82) is 0 Å². The van der Waals surface area contributed by atoms with Crippen molar-refractivity contribution < 1.29 is 9.15 Å². The Bertz CT molecular complexity index is 916. The Morgan fingerprint density at radius 3 is 2.54 bits per heavy atom. The Balaban J connectivity index is 1.82. The van der Waals surface area contributed by atoms with Gasteiger partial charge in [0.2, 0.25) is 0 Å². The largest absolute Gasteiger partial charge is 0.493 e. The molecule has 136 valence electrons. The maximum Gasteiger partial charge on any atom is 0.196 e. The minimum Gasteiger partial charge on any atom is -0.493 e. The first-order valence-electron chi connectivity index (χ1n) is 9.02. The highest BCUT2D eigenvalue weighted by atomic mass is 79.9. The predicted molar refractivity (Wildman–Crippen MR) is 110 cm³/mol. The Hall–Kier alpha value is -2.07. The van der Waals surface area contributed by atoms with Gasteiger partial charge in [-0.25, -0.2) is 0 Å². The second kappa shape index (κ2) is 9.04. The van der Waals surface area contributed by atoms with Crippen LogP contribution in [0.4, 0.5) is 0 Å². The van der Waals surface area contributed by atoms with Gasteiger partial charge in [0, 0.05) is 22.5 Å². The molecule has 0 spiro atoms. The molecule has 0 saturated heterocycles. The van der Waals surface area contributed by atoms with Crippen molar-refractivity contribution in [3.63, 3.8) is 0 Å². The molecule has 1 heterocycles. The summed E-state index contributed by atoms with van der Waals surface area (Å²) in [5.41, 5.74) is 2.11. The molecule has 3 rings (SSSR count). The average Bonchev–Trinajstić information content (AvgIpc) is 2.68. The summed E-state index contributed by atoms with van der Waals surface area (Å²) in [6, 6.07) is 15.2. The van der Waals surface area contributed by atoms with Crippen molar-refractivity contribution >= 4 is 26.9 Å². The number of unbranched alkanes of at least 4 members (excludes halogenated alkanes) is 3. The van der Waals surface area contributed by atoms with Gasteiger partial charge < -0.3 is 9.15 Å². The van der Waals surface area contributed by atoms with E-state index in [0.29, 0.717) is 28.9 Å². The lowest BCUT2D eigenvalue weighted by atomic mass is 10.1. The van der Waals surface area contributed by atoms with Crippen molar-refractivity contribution in [3.05, 3.63) is 64.3 Å². The first-order valence-corrected chi connectivity index (χ1v) is 10.1. The quantitative estimate of drug-likeness (QED) is 0.330. The second-order valence-corrected chi connectivity index (χ2v) is 7.15. The van der Waals surface area contributed by atoms with Gasteiger partial charge in [0.1, 0.15) is 17.1 Å². The van der Waals surface area contributed by atoms with E-state index in [-0.39, 0.29) is 5.43 Å². The van der Waals surface area contributed by atoms with E-state index in [1.807, 2.05) is 49.4 Å². The molecule has 0 radical (unpaired) electrons. The van der Waals surface area contributed by atoms with Gasteiger partial charge in [-0.3, -0.25) is 4.79 Å². The van der Waals surface area contributed by atoms with Gasteiger partial charge in [-0.05, 0) is 31.9 Å². The van der Waals surface area contributed by atoms with Crippen LogP contribution in [-0.4, -0.2) is 11.9 Å². The monoisotopic (exact) mass is 414 g/mol. The van der Waals surface area contributed by atoms with Gasteiger partial charge >= 0.3 is 0 Å². The summed E-state index contributed by atoms with van der Waals surface area (Å²) in [5.74, 6) is 1.36. The van der Waals surface area contributed by atoms with Gasteiger partial charge in [0.15, 0.2) is 5.43 Å². The van der Waals surface area contributed by atoms with Gasteiger partial charge in [-0.15, -0.1) is 0 Å². The molecule has 0 bridgehead atoms. The Labute approximate surface area is 162 Å². The van der Waals surface area contributed by atoms with Crippen LogP contribution in [0.1, 0.15) is 31.2 Å². The van der Waals surface area contributed by atoms with Crippen molar-refractivity contribution in [3.8, 4) is 17.1 Å². The van der Waals surface area contributed by atoms with Gasteiger partial charge in [-0.1, -0.05) is 59.1 Å². The minimum absolute atomic E-state index is 0.00595. The molecule has 0 amide bonds. The molecule has 1 aromatic heterocycles. The molecule has 0 aliphatic carbocycles. The number of hydrogen-bond acceptors (Lipinski definition) is 3. The Morgan fingerprint density at radius 2 is 1.77 bits per heavy atom. The average molecular weight is 415 g/mol. The first kappa shape index (κ1) is 18.7. The fraction of sp³-hybridized carbons (Fsp3) is 0.318. The van der Waals surface area contributed by atoms with E-state index < -0.39 is 0 Å². The molecule has 0 fully saturated rings. The fourth-order valence-corrected chi connectivity index (χ4v) is 3.36. The Morgan fingerprint density at radius 1 is 1.00 bits per heavy atom. The molecule has 0 unspecified atom stereocenters. The zero-order valence-corrected chi connectivity index (χ0v) is 16.6. The van der Waals surface area contributed by atoms with E-state index in [1.54, 1.807) is 6.07 Å². The summed E-state index contributed by atoms with van der Waals surface area (Å²) in [5, 5.41) is 1.65. The molecule has 3 aromatic rings. The standard InChI is InChI=1S/C22H23BrO3/c1-16-21(24)19-12-11-18(25-14-8-3-2-7-13-23)15-20(19)26-22(16)17-9-5-4-6-10-17/h4-6,9-12,15H,2-3,7-8,13-14H2,1H3. The summed E-state index contributed by atoms with van der Waals surface area (Å²) in [6.45, 7) is 2.49. The smallest absolute Gasteiger partial charge is 0.196 e. The topological polar surface area (TPSA) is 39.4 Å². The molecule has 2 aromatic carbocycles. The van der Waals surface area contributed by atoms with Crippen LogP contribution in [0.2, 0.25) is 0 Å². The van der Waals surface area contributed by atoms with Crippen LogP contribution in [0.5, 0.6) is 5.75 Å². The predicted octanol–water partition coefficient (Wildman–Crippen LogP) is 6.10. The summed E-state index contributed by atoms with van der Waals surface area (Å²) in [7, 11) is 0. The summed E-state index contributed by atoms with van der Waals surface area (Å²) in [6.07, 6.45) is 4.59. The highest BCUT2D eigenvalue weighted by molar-refractivity contribution is 9.09. The lowest BCUT2D eigenvalue weighted by Gasteiger charge is -2.09. The molecular formula is C22H23BrO3. The molecule has 3 nitrogen and oxygen atoms in total. The highest BCUT2D eigenvalue weighted by Crippen LogP contribution is 2.27. The lowest BCUT2D eigenvalue weighted by molar-refractivity contribution is 0.305. The van der Waals surface area contributed by atoms with E-state index >= 15 is 0 Å². The van der Waals surface area contributed by atoms with E-state index in [9.17, 15) is 4.79 Å². The lowest BCUT2D eigenvalue weighted by Crippen LogP contribution is -2.07. The van der Waals surface area contributed by atoms with Crippen molar-refractivity contribution in [1.82, 2.24) is 0 Å². The Kier molecular flexibility index (Phi) is 6.51. The highest BCUT2D eigenvalue weighted by Gasteiger charge is 2.13. The van der Waals surface area contributed by atoms with Crippen LogP contribution in [-0.2, 0) is 0 Å². The first-order chi connectivity index (χ1) is 12.7. The zero-order valence-electron chi connectivity index (χ0n) is 15.0. The third-order valence-corrected chi connectivity index (χ3v) is 4.98. The molecule has 4 heteroatoms. The van der Waals surface area contributed by atoms with Crippen LogP contribution in [0, 0.1) is 6.92 Å². The van der Waals surface area contributed by atoms with Crippen molar-refractivity contribution in [2.75, 3.05) is 11.9 Å². The SMILES string of the molecule is Cc1c(-c2ccccc2)oc2cc(OCCCCCCBr)ccc2c1=O. The maximum absolute atomic E-state index is 12.7. The van der Waals surface area contributed by atoms with Crippen LogP contribution < -0.4 is 10.2 Å². The summed E-state index contributed by atoms with van der Waals surface area (Å²) >= 11 is 3.44. The third-order valence-electron chi connectivity index (χ3n) is 4.42. The minimum atomic E-state index is 0.00595. The number of halogens is 1. The van der Waals surface area contributed by atoms with Crippen LogP contribution >= 0.6 is 15.9 Å². The number of hydrogen-bond donors (Lipinski definition) is 0. The number of fused-ring (bicyclic) bond motifs is 1. The number of rotatable bonds is 8. The molecule has 0 aliphatic rings. The van der Waals surface area contributed by atoms with E-state index in [0.717, 1.165) is 29.5 Å². The molecule has 0 aliphatic heterocycles. The van der Waals surface area contributed by atoms with Crippen molar-refractivity contribution in [2.45, 2.75) is 32.6 Å². The number of benzene rings is 2. The molecule has 0 atom stereocenters. The zero-order chi connectivity index (χ0) is 18.4. The van der Waals surface area contributed by atoms with E-state index in [2.05, 4.69) is 15.9 Å². The van der Waals surface area contributed by atoms with Crippen LogP contribution in [0.3, 0.4) is 0 Å². The number of ether oxygens (including phenoxy) is 1. The molecule has 0 saturated carbocycles. The fourth-order valence-electron chi connectivity index (χ4n) is 2.96. The van der Waals surface area contributed by atoms with Crippen LogP contribution in [0.15, 0.2) is 57.7 Å². The summed E-state index contributed by atoms with van der Waals surface area (Å²) in [4.78, 5) is 12.7. The summed E-state index contributed by atoms with van der Waals surface area (Å²) < 4.78 is 11.9. The molecular weight excluding hydrogens is 392 g/mol. The van der Waals surface area contributed by atoms with Gasteiger partial charge in [0.25, 0.3) is 0 Å². The van der Waals surface area contributed by atoms with Crippen molar-refractivity contribution in [2.24, 2.45) is 0 Å².